The van der Waals surface area contributed by atoms with Crippen LogP contribution in [0.25, 0.3) is 0 Å². The van der Waals surface area contributed by atoms with Crippen LogP contribution >= 0.6 is 15.9 Å². The molecule has 0 aliphatic heterocycles. The van der Waals surface area contributed by atoms with Gasteiger partial charge in [0.1, 0.15) is 17.2 Å². The molecule has 0 aliphatic carbocycles. The second-order valence-corrected chi connectivity index (χ2v) is 5.84. The quantitative estimate of drug-likeness (QED) is 0.800. The molecule has 0 saturated carbocycles. The van der Waals surface area contributed by atoms with E-state index in [4.69, 9.17) is 0 Å². The number of hydrogen-bond donors (Lipinski definition) is 1. The molecule has 0 aliphatic rings. The van der Waals surface area contributed by atoms with E-state index in [0.717, 1.165) is 25.1 Å². The maximum Gasteiger partial charge on any atom is 0.257 e. The van der Waals surface area contributed by atoms with Crippen LogP contribution < -0.4 is 5.32 Å². The van der Waals surface area contributed by atoms with Crippen molar-refractivity contribution in [2.75, 3.05) is 20.1 Å². The molecule has 6 heteroatoms. The van der Waals surface area contributed by atoms with E-state index in [-0.39, 0.29) is 4.47 Å². The Morgan fingerprint density at radius 1 is 1.35 bits per heavy atom. The van der Waals surface area contributed by atoms with Crippen LogP contribution in [0.4, 0.5) is 8.78 Å². The third kappa shape index (κ3) is 4.83. The van der Waals surface area contributed by atoms with Crippen LogP contribution in [-0.4, -0.2) is 37.0 Å². The van der Waals surface area contributed by atoms with Crippen molar-refractivity contribution < 1.29 is 13.6 Å². The standard InChI is InChI=1S/C14H19BrF2N2O/c1-9(2)19(3)6-4-5-18-14(20)13-11(16)7-10(15)8-12(13)17/h7-9H,4-6H2,1-3H3,(H,18,20). The highest BCUT2D eigenvalue weighted by Crippen LogP contribution is 2.19. The molecule has 1 aromatic carbocycles. The largest absolute Gasteiger partial charge is 0.352 e. The van der Waals surface area contributed by atoms with E-state index in [1.165, 1.54) is 0 Å². The number of rotatable bonds is 6. The highest BCUT2D eigenvalue weighted by atomic mass is 79.9. The van der Waals surface area contributed by atoms with Crippen LogP contribution in [-0.2, 0) is 0 Å². The highest BCUT2D eigenvalue weighted by Gasteiger charge is 2.17. The van der Waals surface area contributed by atoms with E-state index in [1.54, 1.807) is 0 Å². The summed E-state index contributed by atoms with van der Waals surface area (Å²) in [5.74, 6) is -2.46. The summed E-state index contributed by atoms with van der Waals surface area (Å²) in [5, 5.41) is 2.53. The number of benzene rings is 1. The SMILES string of the molecule is CC(C)N(C)CCCNC(=O)c1c(F)cc(Br)cc1F. The zero-order chi connectivity index (χ0) is 15.3. The van der Waals surface area contributed by atoms with Gasteiger partial charge >= 0.3 is 0 Å². The molecule has 112 valence electrons. The number of hydrogen-bond acceptors (Lipinski definition) is 2. The average Bonchev–Trinajstić information content (AvgIpc) is 2.32. The number of carbonyl (C=O) groups is 1. The zero-order valence-electron chi connectivity index (χ0n) is 11.8. The summed E-state index contributed by atoms with van der Waals surface area (Å²) in [6.07, 6.45) is 0.722. The van der Waals surface area contributed by atoms with E-state index >= 15 is 0 Å². The van der Waals surface area contributed by atoms with Gasteiger partial charge in [-0.25, -0.2) is 8.78 Å². The van der Waals surface area contributed by atoms with Crippen molar-refractivity contribution in [3.63, 3.8) is 0 Å². The third-order valence-corrected chi connectivity index (χ3v) is 3.55. The molecule has 0 atom stereocenters. The molecule has 3 nitrogen and oxygen atoms in total. The lowest BCUT2D eigenvalue weighted by Crippen LogP contribution is -2.32. The number of nitrogens with one attached hydrogen (secondary N) is 1. The summed E-state index contributed by atoms with van der Waals surface area (Å²) in [6.45, 7) is 5.34. The first-order valence-electron chi connectivity index (χ1n) is 6.46. The lowest BCUT2D eigenvalue weighted by atomic mass is 10.2. The number of nitrogens with zero attached hydrogens (tertiary/aromatic N) is 1. The molecule has 0 unspecified atom stereocenters. The van der Waals surface area contributed by atoms with E-state index < -0.39 is 23.1 Å². The molecule has 20 heavy (non-hydrogen) atoms. The molecule has 0 radical (unpaired) electrons. The normalized spacial score (nSPS) is 11.2. The van der Waals surface area contributed by atoms with Gasteiger partial charge in [-0.05, 0) is 46.0 Å². The number of amides is 1. The van der Waals surface area contributed by atoms with Gasteiger partial charge in [0, 0.05) is 17.1 Å². The maximum absolute atomic E-state index is 13.6. The second-order valence-electron chi connectivity index (χ2n) is 4.93. The predicted molar refractivity (Wildman–Crippen MR) is 78.8 cm³/mol. The molecule has 1 N–H and O–H groups in total. The van der Waals surface area contributed by atoms with Crippen LogP contribution in [0.1, 0.15) is 30.6 Å². The van der Waals surface area contributed by atoms with Crippen LogP contribution in [0.5, 0.6) is 0 Å². The summed E-state index contributed by atoms with van der Waals surface area (Å²) in [6, 6.07) is 2.57. The summed E-state index contributed by atoms with van der Waals surface area (Å²) in [5.41, 5.74) is -0.537. The fourth-order valence-electron chi connectivity index (χ4n) is 1.64. The fourth-order valence-corrected chi connectivity index (χ4v) is 2.04. The Labute approximate surface area is 126 Å². The topological polar surface area (TPSA) is 32.3 Å². The average molecular weight is 349 g/mol. The van der Waals surface area contributed by atoms with Crippen LogP contribution in [0, 0.1) is 11.6 Å². The maximum atomic E-state index is 13.6. The molecule has 0 fully saturated rings. The second kappa shape index (κ2) is 7.69. The van der Waals surface area contributed by atoms with E-state index in [2.05, 4.69) is 40.0 Å². The van der Waals surface area contributed by atoms with Crippen molar-refractivity contribution in [1.82, 2.24) is 10.2 Å². The molecule has 1 amide bonds. The van der Waals surface area contributed by atoms with Crippen LogP contribution in [0.15, 0.2) is 16.6 Å². The molecule has 0 saturated heterocycles. The van der Waals surface area contributed by atoms with Crippen molar-refractivity contribution in [3.8, 4) is 0 Å². The zero-order valence-corrected chi connectivity index (χ0v) is 13.4. The smallest absolute Gasteiger partial charge is 0.257 e. The van der Waals surface area contributed by atoms with E-state index in [1.807, 2.05) is 7.05 Å². The lowest BCUT2D eigenvalue weighted by Gasteiger charge is -2.20. The van der Waals surface area contributed by atoms with Gasteiger partial charge in [0.15, 0.2) is 0 Å². The minimum absolute atomic E-state index is 0.266. The third-order valence-electron chi connectivity index (χ3n) is 3.09. The van der Waals surface area contributed by atoms with Crippen molar-refractivity contribution in [2.45, 2.75) is 26.3 Å². The Hall–Kier alpha value is -1.01. The molecule has 0 heterocycles. The molecule has 0 bridgehead atoms. The first-order valence-corrected chi connectivity index (χ1v) is 7.25. The van der Waals surface area contributed by atoms with Gasteiger partial charge in [0.2, 0.25) is 0 Å². The number of carbonyl (C=O) groups excluding carboxylic acids is 1. The Balaban J connectivity index is 2.52. The Bertz CT molecular complexity index is 457. The lowest BCUT2D eigenvalue weighted by molar-refractivity contribution is 0.0943. The number of halogens is 3. The summed E-state index contributed by atoms with van der Waals surface area (Å²) in [7, 11) is 1.99. The Morgan fingerprint density at radius 3 is 2.40 bits per heavy atom. The van der Waals surface area contributed by atoms with Crippen LogP contribution in [0.3, 0.4) is 0 Å². The van der Waals surface area contributed by atoms with Gasteiger partial charge in [-0.2, -0.15) is 0 Å². The Kier molecular flexibility index (Phi) is 6.55. The van der Waals surface area contributed by atoms with Crippen molar-refractivity contribution in [2.24, 2.45) is 0 Å². The van der Waals surface area contributed by atoms with Gasteiger partial charge in [-0.15, -0.1) is 0 Å². The molecule has 0 aromatic heterocycles. The first-order chi connectivity index (χ1) is 9.32. The monoisotopic (exact) mass is 348 g/mol. The molecule has 1 aromatic rings. The summed E-state index contributed by atoms with van der Waals surface area (Å²) >= 11 is 2.97. The van der Waals surface area contributed by atoms with Gasteiger partial charge in [0.05, 0.1) is 0 Å². The summed E-state index contributed by atoms with van der Waals surface area (Å²) in [4.78, 5) is 13.9. The van der Waals surface area contributed by atoms with Crippen molar-refractivity contribution in [3.05, 3.63) is 33.8 Å². The summed E-state index contributed by atoms with van der Waals surface area (Å²) < 4.78 is 27.4. The molecule has 0 spiro atoms. The van der Waals surface area contributed by atoms with Gasteiger partial charge < -0.3 is 10.2 Å². The van der Waals surface area contributed by atoms with Crippen molar-refractivity contribution >= 4 is 21.8 Å². The van der Waals surface area contributed by atoms with Gasteiger partial charge in [-0.3, -0.25) is 4.79 Å². The molecule has 1 rings (SSSR count). The first kappa shape index (κ1) is 17.0. The molecular formula is C14H19BrF2N2O. The van der Waals surface area contributed by atoms with E-state index in [9.17, 15) is 13.6 Å². The van der Waals surface area contributed by atoms with Crippen LogP contribution in [0.2, 0.25) is 0 Å². The molecular weight excluding hydrogens is 330 g/mol. The fraction of sp³-hybridized carbons (Fsp3) is 0.500. The minimum atomic E-state index is -0.867. The Morgan fingerprint density at radius 2 is 1.90 bits per heavy atom. The van der Waals surface area contributed by atoms with Crippen molar-refractivity contribution in [1.29, 1.82) is 0 Å². The van der Waals surface area contributed by atoms with Gasteiger partial charge in [0.25, 0.3) is 5.91 Å². The highest BCUT2D eigenvalue weighted by molar-refractivity contribution is 9.10. The minimum Gasteiger partial charge on any atom is -0.352 e. The van der Waals surface area contributed by atoms with E-state index in [0.29, 0.717) is 12.6 Å². The van der Waals surface area contributed by atoms with Gasteiger partial charge in [-0.1, -0.05) is 15.9 Å². The predicted octanol–water partition coefficient (Wildman–Crippen LogP) is 3.19.